The Morgan fingerprint density at radius 3 is 2.41 bits per heavy atom. The molecular weight excluding hydrogens is 388 g/mol. The minimum absolute atomic E-state index is 0.000422. The molecule has 7 nitrogen and oxygen atoms in total. The highest BCUT2D eigenvalue weighted by Crippen LogP contribution is 2.18. The minimum atomic E-state index is -3.35. The molecule has 0 fully saturated rings. The lowest BCUT2D eigenvalue weighted by Gasteiger charge is -2.23. The van der Waals surface area contributed by atoms with Gasteiger partial charge in [0.2, 0.25) is 0 Å². The molecule has 0 saturated heterocycles. The summed E-state index contributed by atoms with van der Waals surface area (Å²) in [6.45, 7) is 2.32. The van der Waals surface area contributed by atoms with E-state index in [9.17, 15) is 13.2 Å². The fraction of sp³-hybridized carbons (Fsp3) is 0.190. The number of aromatic nitrogens is 2. The highest BCUT2D eigenvalue weighted by Gasteiger charge is 2.17. The molecular formula is C21H22N4O3S. The number of pyridine rings is 2. The van der Waals surface area contributed by atoms with E-state index in [1.807, 2.05) is 24.3 Å². The highest BCUT2D eigenvalue weighted by molar-refractivity contribution is 7.91. The van der Waals surface area contributed by atoms with Gasteiger partial charge in [0.05, 0.1) is 10.6 Å². The third kappa shape index (κ3) is 5.61. The molecule has 0 saturated carbocycles. The third-order valence-electron chi connectivity index (χ3n) is 4.33. The number of nitrogens with one attached hydrogen (secondary N) is 1. The lowest BCUT2D eigenvalue weighted by atomic mass is 10.2. The number of urea groups is 1. The zero-order chi connectivity index (χ0) is 20.7. The summed E-state index contributed by atoms with van der Waals surface area (Å²) in [5, 5.41) is 2.81. The number of amides is 2. The second-order valence-electron chi connectivity index (χ2n) is 6.43. The normalized spacial score (nSPS) is 11.1. The van der Waals surface area contributed by atoms with Crippen LogP contribution in [0.1, 0.15) is 18.1 Å². The minimum Gasteiger partial charge on any atom is -0.316 e. The van der Waals surface area contributed by atoms with E-state index in [1.54, 1.807) is 48.7 Å². The van der Waals surface area contributed by atoms with Crippen LogP contribution in [0.15, 0.2) is 78.2 Å². The average Bonchev–Trinajstić information content (AvgIpc) is 2.75. The van der Waals surface area contributed by atoms with Crippen LogP contribution in [0, 0.1) is 0 Å². The third-order valence-corrected chi connectivity index (χ3v) is 6.06. The van der Waals surface area contributed by atoms with E-state index in [0.717, 1.165) is 11.1 Å². The first kappa shape index (κ1) is 20.5. The Morgan fingerprint density at radius 2 is 1.72 bits per heavy atom. The number of hydrogen-bond donors (Lipinski definition) is 1. The van der Waals surface area contributed by atoms with Crippen LogP contribution in [-0.4, -0.2) is 35.1 Å². The molecule has 0 spiro atoms. The second-order valence-corrected chi connectivity index (χ2v) is 8.71. The van der Waals surface area contributed by atoms with Crippen molar-refractivity contribution >= 4 is 21.6 Å². The first-order valence-corrected chi connectivity index (χ1v) is 10.8. The van der Waals surface area contributed by atoms with Crippen molar-refractivity contribution in [3.8, 4) is 0 Å². The van der Waals surface area contributed by atoms with Crippen LogP contribution in [0.3, 0.4) is 0 Å². The molecule has 3 aromatic rings. The van der Waals surface area contributed by atoms with Gasteiger partial charge in [0.25, 0.3) is 0 Å². The molecule has 0 unspecified atom stereocenters. The molecule has 2 heterocycles. The van der Waals surface area contributed by atoms with Crippen molar-refractivity contribution in [2.24, 2.45) is 0 Å². The number of anilines is 1. The van der Waals surface area contributed by atoms with E-state index >= 15 is 0 Å². The van der Waals surface area contributed by atoms with Crippen LogP contribution in [0.2, 0.25) is 0 Å². The molecule has 0 aliphatic rings. The molecule has 2 amide bonds. The van der Waals surface area contributed by atoms with Crippen molar-refractivity contribution in [3.63, 3.8) is 0 Å². The molecule has 1 N–H and O–H groups in total. The standard InChI is InChI=1S/C21H22N4O3S/c1-2-29(27,28)20-7-3-6-19(13-20)24-21(26)25(15-17-8-11-22-12-9-17)16-18-5-4-10-23-14-18/h3-14H,2,15-16H2,1H3,(H,24,26). The number of hydrogen-bond acceptors (Lipinski definition) is 5. The van der Waals surface area contributed by atoms with E-state index in [1.165, 1.54) is 12.1 Å². The number of nitrogens with zero attached hydrogens (tertiary/aromatic N) is 3. The number of sulfone groups is 1. The summed E-state index contributed by atoms with van der Waals surface area (Å²) >= 11 is 0. The van der Waals surface area contributed by atoms with Gasteiger partial charge in [-0.2, -0.15) is 0 Å². The number of carbonyl (C=O) groups is 1. The van der Waals surface area contributed by atoms with E-state index in [-0.39, 0.29) is 16.7 Å². The van der Waals surface area contributed by atoms with E-state index in [0.29, 0.717) is 18.8 Å². The summed E-state index contributed by atoms with van der Waals surface area (Å²) in [4.78, 5) is 22.9. The van der Waals surface area contributed by atoms with Crippen LogP contribution in [0.4, 0.5) is 10.5 Å². The van der Waals surface area contributed by atoms with Gasteiger partial charge >= 0.3 is 6.03 Å². The summed E-state index contributed by atoms with van der Waals surface area (Å²) in [6, 6.07) is 13.4. The quantitative estimate of drug-likeness (QED) is 0.643. The Kier molecular flexibility index (Phi) is 6.56. The van der Waals surface area contributed by atoms with Gasteiger partial charge in [-0.05, 0) is 47.5 Å². The predicted molar refractivity (Wildman–Crippen MR) is 111 cm³/mol. The number of carbonyl (C=O) groups excluding carboxylic acids is 1. The van der Waals surface area contributed by atoms with Crippen molar-refractivity contribution in [3.05, 3.63) is 84.4 Å². The van der Waals surface area contributed by atoms with Crippen molar-refractivity contribution in [2.75, 3.05) is 11.1 Å². The van der Waals surface area contributed by atoms with E-state index in [4.69, 9.17) is 0 Å². The van der Waals surface area contributed by atoms with Gasteiger partial charge in [0.15, 0.2) is 9.84 Å². The molecule has 1 aromatic carbocycles. The van der Waals surface area contributed by atoms with Crippen LogP contribution in [0.5, 0.6) is 0 Å². The molecule has 2 aromatic heterocycles. The molecule has 29 heavy (non-hydrogen) atoms. The molecule has 8 heteroatoms. The lowest BCUT2D eigenvalue weighted by Crippen LogP contribution is -2.34. The monoisotopic (exact) mass is 410 g/mol. The van der Waals surface area contributed by atoms with E-state index < -0.39 is 9.84 Å². The Hall–Kier alpha value is -3.26. The fourth-order valence-corrected chi connectivity index (χ4v) is 3.68. The van der Waals surface area contributed by atoms with Crippen LogP contribution in [-0.2, 0) is 22.9 Å². The van der Waals surface area contributed by atoms with Gasteiger partial charge in [0.1, 0.15) is 0 Å². The topological polar surface area (TPSA) is 92.3 Å². The summed E-state index contributed by atoms with van der Waals surface area (Å²) in [5.41, 5.74) is 2.25. The smallest absolute Gasteiger partial charge is 0.316 e. The van der Waals surface area contributed by atoms with Crippen molar-refractivity contribution in [2.45, 2.75) is 24.9 Å². The van der Waals surface area contributed by atoms with Gasteiger partial charge < -0.3 is 10.2 Å². The SMILES string of the molecule is CCS(=O)(=O)c1cccc(NC(=O)N(Cc2ccncc2)Cc2cccnc2)c1. The summed E-state index contributed by atoms with van der Waals surface area (Å²) in [5.74, 6) is -0.000422. The maximum absolute atomic E-state index is 13.0. The zero-order valence-electron chi connectivity index (χ0n) is 16.0. The van der Waals surface area contributed by atoms with Crippen molar-refractivity contribution in [1.82, 2.24) is 14.9 Å². The Balaban J connectivity index is 1.82. The highest BCUT2D eigenvalue weighted by atomic mass is 32.2. The first-order valence-electron chi connectivity index (χ1n) is 9.14. The molecule has 0 aliphatic heterocycles. The maximum atomic E-state index is 13.0. The van der Waals surface area contributed by atoms with Gasteiger partial charge in [-0.1, -0.05) is 19.1 Å². The number of benzene rings is 1. The van der Waals surface area contributed by atoms with Gasteiger partial charge in [-0.25, -0.2) is 13.2 Å². The fourth-order valence-electron chi connectivity index (χ4n) is 2.76. The van der Waals surface area contributed by atoms with Gasteiger partial charge in [-0.15, -0.1) is 0 Å². The van der Waals surface area contributed by atoms with E-state index in [2.05, 4.69) is 15.3 Å². The summed E-state index contributed by atoms with van der Waals surface area (Å²) < 4.78 is 24.2. The van der Waals surface area contributed by atoms with Crippen molar-refractivity contribution in [1.29, 1.82) is 0 Å². The predicted octanol–water partition coefficient (Wildman–Crippen LogP) is 3.50. The molecule has 0 aliphatic carbocycles. The summed E-state index contributed by atoms with van der Waals surface area (Å²) in [7, 11) is -3.35. The van der Waals surface area contributed by atoms with Crippen LogP contribution >= 0.6 is 0 Å². The van der Waals surface area contributed by atoms with Gasteiger partial charge in [-0.3, -0.25) is 9.97 Å². The molecule has 3 rings (SSSR count). The molecule has 0 radical (unpaired) electrons. The zero-order valence-corrected chi connectivity index (χ0v) is 16.8. The number of rotatable bonds is 7. The summed E-state index contributed by atoms with van der Waals surface area (Å²) in [6.07, 6.45) is 6.74. The molecule has 0 bridgehead atoms. The van der Waals surface area contributed by atoms with Crippen LogP contribution < -0.4 is 5.32 Å². The largest absolute Gasteiger partial charge is 0.322 e. The Labute approximate surface area is 170 Å². The van der Waals surface area contributed by atoms with Crippen molar-refractivity contribution < 1.29 is 13.2 Å². The Bertz CT molecular complexity index is 1020. The first-order chi connectivity index (χ1) is 14.0. The lowest BCUT2D eigenvalue weighted by molar-refractivity contribution is 0.206. The van der Waals surface area contributed by atoms with Crippen LogP contribution in [0.25, 0.3) is 0 Å². The molecule has 150 valence electrons. The Morgan fingerprint density at radius 1 is 0.966 bits per heavy atom. The van der Waals surface area contributed by atoms with Gasteiger partial charge in [0, 0.05) is 43.6 Å². The second kappa shape index (κ2) is 9.29. The average molecular weight is 410 g/mol. The molecule has 0 atom stereocenters. The maximum Gasteiger partial charge on any atom is 0.322 e.